The summed E-state index contributed by atoms with van der Waals surface area (Å²) in [6.45, 7) is 2.08. The van der Waals surface area contributed by atoms with Gasteiger partial charge in [-0.2, -0.15) is 5.10 Å². The van der Waals surface area contributed by atoms with Crippen LogP contribution in [-0.2, 0) is 6.42 Å². The highest BCUT2D eigenvalue weighted by molar-refractivity contribution is 5.64. The van der Waals surface area contributed by atoms with Crippen LogP contribution < -0.4 is 5.73 Å². The third-order valence-corrected chi connectivity index (χ3v) is 2.95. The molecule has 2 aromatic heterocycles. The standard InChI is InChI=1S/C14H14N4/c1-2-11-8-13(15)16-14-9-12(17-18(11)14)10-6-4-3-5-7-10/h3-9H,2H2,1H3,(H2,15,16). The van der Waals surface area contributed by atoms with Gasteiger partial charge in [0.25, 0.3) is 0 Å². The van der Waals surface area contributed by atoms with Gasteiger partial charge < -0.3 is 5.73 Å². The number of nitrogen functional groups attached to an aromatic ring is 1. The summed E-state index contributed by atoms with van der Waals surface area (Å²) in [6, 6.07) is 13.9. The topological polar surface area (TPSA) is 56.2 Å². The van der Waals surface area contributed by atoms with Gasteiger partial charge in [-0.3, -0.25) is 0 Å². The Morgan fingerprint density at radius 2 is 1.94 bits per heavy atom. The molecule has 4 heteroatoms. The Morgan fingerprint density at radius 3 is 2.67 bits per heavy atom. The van der Waals surface area contributed by atoms with Crippen molar-refractivity contribution in [3.8, 4) is 11.3 Å². The summed E-state index contributed by atoms with van der Waals surface area (Å²) < 4.78 is 1.86. The first kappa shape index (κ1) is 10.8. The van der Waals surface area contributed by atoms with Crippen molar-refractivity contribution in [2.75, 3.05) is 5.73 Å². The van der Waals surface area contributed by atoms with Crippen LogP contribution >= 0.6 is 0 Å². The molecule has 0 aliphatic rings. The molecule has 0 spiro atoms. The summed E-state index contributed by atoms with van der Waals surface area (Å²) in [7, 11) is 0. The molecule has 90 valence electrons. The maximum atomic E-state index is 5.80. The van der Waals surface area contributed by atoms with Gasteiger partial charge in [0.2, 0.25) is 0 Å². The van der Waals surface area contributed by atoms with Crippen molar-refractivity contribution in [1.29, 1.82) is 0 Å². The molecule has 0 saturated carbocycles. The van der Waals surface area contributed by atoms with Crippen molar-refractivity contribution in [3.63, 3.8) is 0 Å². The number of aryl methyl sites for hydroxylation is 1. The molecule has 18 heavy (non-hydrogen) atoms. The highest BCUT2D eigenvalue weighted by atomic mass is 15.3. The monoisotopic (exact) mass is 238 g/mol. The zero-order valence-corrected chi connectivity index (χ0v) is 10.2. The normalized spacial score (nSPS) is 10.9. The molecule has 0 fully saturated rings. The summed E-state index contributed by atoms with van der Waals surface area (Å²) in [5.74, 6) is 0.541. The largest absolute Gasteiger partial charge is 0.384 e. The molecule has 4 nitrogen and oxygen atoms in total. The number of fused-ring (bicyclic) bond motifs is 1. The lowest BCUT2D eigenvalue weighted by atomic mass is 10.2. The number of aromatic nitrogens is 3. The van der Waals surface area contributed by atoms with Crippen molar-refractivity contribution in [2.24, 2.45) is 0 Å². The third kappa shape index (κ3) is 1.72. The van der Waals surface area contributed by atoms with E-state index in [2.05, 4.69) is 17.0 Å². The fraction of sp³-hybridized carbons (Fsp3) is 0.143. The van der Waals surface area contributed by atoms with E-state index in [0.717, 1.165) is 29.0 Å². The molecule has 2 heterocycles. The van der Waals surface area contributed by atoms with E-state index in [0.29, 0.717) is 5.82 Å². The summed E-state index contributed by atoms with van der Waals surface area (Å²) >= 11 is 0. The number of nitrogens with two attached hydrogens (primary N) is 1. The van der Waals surface area contributed by atoms with Gasteiger partial charge in [0.05, 0.1) is 5.69 Å². The van der Waals surface area contributed by atoms with Crippen molar-refractivity contribution in [2.45, 2.75) is 13.3 Å². The van der Waals surface area contributed by atoms with E-state index < -0.39 is 0 Å². The van der Waals surface area contributed by atoms with Crippen LogP contribution in [0.25, 0.3) is 16.9 Å². The second kappa shape index (κ2) is 4.14. The van der Waals surface area contributed by atoms with E-state index in [4.69, 9.17) is 5.73 Å². The van der Waals surface area contributed by atoms with Gasteiger partial charge in [0.1, 0.15) is 5.82 Å². The molecule has 1 aromatic carbocycles. The van der Waals surface area contributed by atoms with E-state index in [9.17, 15) is 0 Å². The second-order valence-corrected chi connectivity index (χ2v) is 4.19. The van der Waals surface area contributed by atoms with Crippen LogP contribution in [0.5, 0.6) is 0 Å². The smallest absolute Gasteiger partial charge is 0.158 e. The first-order chi connectivity index (χ1) is 8.78. The van der Waals surface area contributed by atoms with Crippen molar-refractivity contribution in [3.05, 3.63) is 48.2 Å². The fourth-order valence-electron chi connectivity index (χ4n) is 2.06. The van der Waals surface area contributed by atoms with Gasteiger partial charge in [0, 0.05) is 23.4 Å². The maximum absolute atomic E-state index is 5.80. The van der Waals surface area contributed by atoms with E-state index in [1.165, 1.54) is 0 Å². The molecule has 3 rings (SSSR count). The molecule has 0 aliphatic carbocycles. The maximum Gasteiger partial charge on any atom is 0.158 e. The average molecular weight is 238 g/mol. The number of rotatable bonds is 2. The first-order valence-corrected chi connectivity index (χ1v) is 5.98. The molecule has 0 radical (unpaired) electrons. The summed E-state index contributed by atoms with van der Waals surface area (Å²) in [5.41, 5.74) is 9.67. The van der Waals surface area contributed by atoms with Crippen LogP contribution in [0.4, 0.5) is 5.82 Å². The quantitative estimate of drug-likeness (QED) is 0.746. The molecule has 0 amide bonds. The minimum atomic E-state index is 0.541. The minimum Gasteiger partial charge on any atom is -0.384 e. The number of anilines is 1. The Kier molecular flexibility index (Phi) is 2.48. The lowest BCUT2D eigenvalue weighted by Gasteiger charge is -2.02. The van der Waals surface area contributed by atoms with Gasteiger partial charge >= 0.3 is 0 Å². The molecular formula is C14H14N4. The number of hydrogen-bond acceptors (Lipinski definition) is 3. The Balaban J connectivity index is 2.23. The molecule has 0 aliphatic heterocycles. The molecule has 2 N–H and O–H groups in total. The predicted molar refractivity (Wildman–Crippen MR) is 72.2 cm³/mol. The van der Waals surface area contributed by atoms with Crippen molar-refractivity contribution >= 4 is 11.5 Å². The zero-order valence-electron chi connectivity index (χ0n) is 10.2. The molecule has 3 aromatic rings. The van der Waals surface area contributed by atoms with E-state index in [1.54, 1.807) is 0 Å². The van der Waals surface area contributed by atoms with Gasteiger partial charge in [-0.25, -0.2) is 9.50 Å². The Bertz CT molecular complexity index is 686. The highest BCUT2D eigenvalue weighted by Gasteiger charge is 2.08. The van der Waals surface area contributed by atoms with Gasteiger partial charge in [-0.15, -0.1) is 0 Å². The summed E-state index contributed by atoms with van der Waals surface area (Å²) in [6.07, 6.45) is 0.874. The number of nitrogens with zero attached hydrogens (tertiary/aromatic N) is 3. The minimum absolute atomic E-state index is 0.541. The van der Waals surface area contributed by atoms with Crippen LogP contribution in [0.3, 0.4) is 0 Å². The van der Waals surface area contributed by atoms with Crippen LogP contribution in [-0.4, -0.2) is 14.6 Å². The van der Waals surface area contributed by atoms with Gasteiger partial charge in [-0.1, -0.05) is 37.3 Å². The first-order valence-electron chi connectivity index (χ1n) is 5.98. The van der Waals surface area contributed by atoms with Crippen LogP contribution in [0.1, 0.15) is 12.6 Å². The second-order valence-electron chi connectivity index (χ2n) is 4.19. The molecular weight excluding hydrogens is 224 g/mol. The summed E-state index contributed by atoms with van der Waals surface area (Å²) in [4.78, 5) is 4.31. The Labute approximate surface area is 105 Å². The van der Waals surface area contributed by atoms with Gasteiger partial charge in [0.15, 0.2) is 5.65 Å². The lowest BCUT2D eigenvalue weighted by molar-refractivity contribution is 0.854. The van der Waals surface area contributed by atoms with E-state index in [-0.39, 0.29) is 0 Å². The molecule has 0 unspecified atom stereocenters. The summed E-state index contributed by atoms with van der Waals surface area (Å²) in [5, 5.41) is 4.59. The Hall–Kier alpha value is -2.36. The van der Waals surface area contributed by atoms with E-state index >= 15 is 0 Å². The number of benzene rings is 1. The van der Waals surface area contributed by atoms with E-state index in [1.807, 2.05) is 47.0 Å². The van der Waals surface area contributed by atoms with Crippen molar-refractivity contribution in [1.82, 2.24) is 14.6 Å². The fourth-order valence-corrected chi connectivity index (χ4v) is 2.06. The lowest BCUT2D eigenvalue weighted by Crippen LogP contribution is -2.02. The highest BCUT2D eigenvalue weighted by Crippen LogP contribution is 2.20. The SMILES string of the molecule is CCc1cc(N)nc2cc(-c3ccccc3)nn12. The Morgan fingerprint density at radius 1 is 1.17 bits per heavy atom. The zero-order chi connectivity index (χ0) is 12.5. The average Bonchev–Trinajstić information content (AvgIpc) is 2.82. The third-order valence-electron chi connectivity index (χ3n) is 2.95. The molecule has 0 bridgehead atoms. The van der Waals surface area contributed by atoms with Crippen molar-refractivity contribution < 1.29 is 0 Å². The predicted octanol–water partition coefficient (Wildman–Crippen LogP) is 2.54. The van der Waals surface area contributed by atoms with Crippen LogP contribution in [0.15, 0.2) is 42.5 Å². The molecule has 0 atom stereocenters. The van der Waals surface area contributed by atoms with Crippen LogP contribution in [0.2, 0.25) is 0 Å². The number of hydrogen-bond donors (Lipinski definition) is 1. The van der Waals surface area contributed by atoms with Gasteiger partial charge in [-0.05, 0) is 6.42 Å². The van der Waals surface area contributed by atoms with Crippen LogP contribution in [0, 0.1) is 0 Å². The molecule has 0 saturated heterocycles.